The Hall–Kier alpha value is -3.62. The van der Waals surface area contributed by atoms with E-state index in [-0.39, 0.29) is 5.75 Å². The van der Waals surface area contributed by atoms with E-state index in [2.05, 4.69) is 0 Å². The largest absolute Gasteiger partial charge is 0.480 e. The molecule has 0 bridgehead atoms. The van der Waals surface area contributed by atoms with Crippen LogP contribution < -0.4 is 5.73 Å². The third kappa shape index (κ3) is 7.57. The molecule has 0 aliphatic rings. The highest BCUT2D eigenvalue weighted by atomic mass is 32.2. The standard InChI is InChI=1S/C33H40N2O5S/c1-6-23(2)28(30(37)38)35(31(39)40-32(3,4)5)29(36)27(34)22-41-33(24-16-10-7-11-17-24,25-18-12-8-13-19-25)26-20-14-9-15-21-26/h7-21,23,27-28H,6,22,34H2,1-5H3,(H,37,38). The molecule has 3 rings (SSSR count). The second-order valence-corrected chi connectivity index (χ2v) is 12.3. The van der Waals surface area contributed by atoms with Crippen LogP contribution in [0.5, 0.6) is 0 Å². The molecule has 3 N–H and O–H groups in total. The van der Waals surface area contributed by atoms with Crippen LogP contribution in [-0.2, 0) is 19.1 Å². The minimum absolute atomic E-state index is 0.101. The minimum Gasteiger partial charge on any atom is -0.480 e. The summed E-state index contributed by atoms with van der Waals surface area (Å²) < 4.78 is 4.76. The summed E-state index contributed by atoms with van der Waals surface area (Å²) in [4.78, 5) is 40.3. The lowest BCUT2D eigenvalue weighted by atomic mass is 9.84. The number of amides is 2. The first-order valence-corrected chi connectivity index (χ1v) is 14.8. The summed E-state index contributed by atoms with van der Waals surface area (Å²) in [7, 11) is 0. The van der Waals surface area contributed by atoms with Crippen LogP contribution in [0.25, 0.3) is 0 Å². The quantitative estimate of drug-likeness (QED) is 0.258. The predicted molar refractivity (Wildman–Crippen MR) is 164 cm³/mol. The van der Waals surface area contributed by atoms with Crippen molar-refractivity contribution in [2.24, 2.45) is 11.7 Å². The summed E-state index contributed by atoms with van der Waals surface area (Å²) in [5.41, 5.74) is 8.58. The lowest BCUT2D eigenvalue weighted by Crippen LogP contribution is -2.58. The predicted octanol–water partition coefficient (Wildman–Crippen LogP) is 6.30. The fourth-order valence-corrected chi connectivity index (χ4v) is 6.20. The van der Waals surface area contributed by atoms with Gasteiger partial charge in [-0.3, -0.25) is 4.79 Å². The average Bonchev–Trinajstić information content (AvgIpc) is 2.96. The number of carboxylic acids is 1. The summed E-state index contributed by atoms with van der Waals surface area (Å²) in [6.45, 7) is 8.49. The Balaban J connectivity index is 2.06. The van der Waals surface area contributed by atoms with Crippen LogP contribution in [0.15, 0.2) is 91.0 Å². The van der Waals surface area contributed by atoms with Crippen LogP contribution in [0.3, 0.4) is 0 Å². The molecule has 0 aromatic heterocycles. The molecule has 218 valence electrons. The Morgan fingerprint density at radius 3 is 1.61 bits per heavy atom. The van der Waals surface area contributed by atoms with E-state index in [1.165, 1.54) is 11.8 Å². The fraction of sp³-hybridized carbons (Fsp3) is 0.364. The third-order valence-electron chi connectivity index (χ3n) is 6.88. The minimum atomic E-state index is -1.42. The van der Waals surface area contributed by atoms with Gasteiger partial charge in [0.2, 0.25) is 5.91 Å². The number of aliphatic carboxylic acids is 1. The molecule has 3 aromatic carbocycles. The Kier molecular flexibility index (Phi) is 10.8. The monoisotopic (exact) mass is 576 g/mol. The van der Waals surface area contributed by atoms with Gasteiger partial charge in [0.05, 0.1) is 10.8 Å². The summed E-state index contributed by atoms with van der Waals surface area (Å²) >= 11 is 1.47. The van der Waals surface area contributed by atoms with Crippen LogP contribution in [0.2, 0.25) is 0 Å². The number of ether oxygens (including phenoxy) is 1. The molecular formula is C33H40N2O5S. The van der Waals surface area contributed by atoms with Gasteiger partial charge in [0.15, 0.2) is 0 Å². The molecule has 8 heteroatoms. The lowest BCUT2D eigenvalue weighted by Gasteiger charge is -2.37. The fourth-order valence-electron chi connectivity index (χ4n) is 4.72. The maximum absolute atomic E-state index is 13.9. The molecule has 7 nitrogen and oxygen atoms in total. The molecule has 0 fully saturated rings. The number of nitrogens with two attached hydrogens (primary N) is 1. The van der Waals surface area contributed by atoms with Crippen molar-refractivity contribution in [3.8, 4) is 0 Å². The summed E-state index contributed by atoms with van der Waals surface area (Å²) in [6, 6.07) is 27.3. The van der Waals surface area contributed by atoms with Crippen molar-refractivity contribution in [2.75, 3.05) is 5.75 Å². The van der Waals surface area contributed by atoms with E-state index in [1.807, 2.05) is 97.9 Å². The number of thioether (sulfide) groups is 1. The molecular weight excluding hydrogens is 536 g/mol. The summed E-state index contributed by atoms with van der Waals surface area (Å²) in [6.07, 6.45) is -0.580. The van der Waals surface area contributed by atoms with Crippen LogP contribution in [0.4, 0.5) is 4.79 Å². The van der Waals surface area contributed by atoms with Crippen molar-refractivity contribution in [3.63, 3.8) is 0 Å². The molecule has 0 heterocycles. The molecule has 2 amide bonds. The number of rotatable bonds is 11. The Morgan fingerprint density at radius 1 is 0.854 bits per heavy atom. The number of nitrogens with zero attached hydrogens (tertiary/aromatic N) is 1. The van der Waals surface area contributed by atoms with Gasteiger partial charge in [-0.2, -0.15) is 0 Å². The Bertz CT molecular complexity index is 1200. The molecule has 3 atom stereocenters. The zero-order chi connectivity index (χ0) is 30.2. The van der Waals surface area contributed by atoms with Crippen LogP contribution >= 0.6 is 11.8 Å². The molecule has 3 unspecified atom stereocenters. The molecule has 3 aromatic rings. The first-order chi connectivity index (χ1) is 19.4. The highest BCUT2D eigenvalue weighted by molar-refractivity contribution is 8.00. The molecule has 0 aliphatic carbocycles. The highest BCUT2D eigenvalue weighted by Crippen LogP contribution is 2.48. The van der Waals surface area contributed by atoms with Crippen molar-refractivity contribution in [2.45, 2.75) is 63.5 Å². The van der Waals surface area contributed by atoms with Crippen molar-refractivity contribution in [3.05, 3.63) is 108 Å². The van der Waals surface area contributed by atoms with Gasteiger partial charge in [-0.05, 0) is 43.4 Å². The van der Waals surface area contributed by atoms with E-state index in [0.29, 0.717) is 11.3 Å². The molecule has 0 saturated carbocycles. The van der Waals surface area contributed by atoms with Gasteiger partial charge in [-0.1, -0.05) is 111 Å². The average molecular weight is 577 g/mol. The molecule has 0 radical (unpaired) electrons. The maximum atomic E-state index is 13.9. The van der Waals surface area contributed by atoms with Crippen LogP contribution in [0.1, 0.15) is 57.7 Å². The zero-order valence-corrected chi connectivity index (χ0v) is 25.1. The number of carbonyl (C=O) groups excluding carboxylic acids is 2. The Morgan fingerprint density at radius 2 is 1.27 bits per heavy atom. The second kappa shape index (κ2) is 13.8. The number of hydrogen-bond donors (Lipinski definition) is 2. The molecule has 0 saturated heterocycles. The van der Waals surface area contributed by atoms with E-state index < -0.39 is 46.3 Å². The van der Waals surface area contributed by atoms with Gasteiger partial charge >= 0.3 is 12.1 Å². The third-order valence-corrected chi connectivity index (χ3v) is 8.55. The van der Waals surface area contributed by atoms with Gasteiger partial charge in [-0.25, -0.2) is 14.5 Å². The van der Waals surface area contributed by atoms with Gasteiger partial charge in [0.25, 0.3) is 0 Å². The maximum Gasteiger partial charge on any atom is 0.417 e. The van der Waals surface area contributed by atoms with E-state index in [9.17, 15) is 19.5 Å². The zero-order valence-electron chi connectivity index (χ0n) is 24.3. The van der Waals surface area contributed by atoms with E-state index in [0.717, 1.165) is 16.7 Å². The summed E-state index contributed by atoms with van der Waals surface area (Å²) in [5, 5.41) is 10.1. The SMILES string of the molecule is CCC(C)C(C(=O)O)N(C(=O)OC(C)(C)C)C(=O)C(N)CSC(c1ccccc1)(c1ccccc1)c1ccccc1. The van der Waals surface area contributed by atoms with Crippen molar-refractivity contribution < 1.29 is 24.2 Å². The number of carboxylic acid groups (broad SMARTS) is 1. The van der Waals surface area contributed by atoms with Gasteiger partial charge in [-0.15, -0.1) is 11.8 Å². The first kappa shape index (κ1) is 31.9. The highest BCUT2D eigenvalue weighted by Gasteiger charge is 2.43. The molecule has 0 aliphatic heterocycles. The topological polar surface area (TPSA) is 110 Å². The lowest BCUT2D eigenvalue weighted by molar-refractivity contribution is -0.152. The molecule has 41 heavy (non-hydrogen) atoms. The van der Waals surface area contributed by atoms with E-state index >= 15 is 0 Å². The van der Waals surface area contributed by atoms with Gasteiger partial charge in [0.1, 0.15) is 11.6 Å². The van der Waals surface area contributed by atoms with E-state index in [4.69, 9.17) is 10.5 Å². The van der Waals surface area contributed by atoms with Gasteiger partial charge in [0, 0.05) is 5.75 Å². The first-order valence-electron chi connectivity index (χ1n) is 13.8. The Labute approximate surface area is 247 Å². The van der Waals surface area contributed by atoms with Crippen molar-refractivity contribution >= 4 is 29.7 Å². The summed E-state index contributed by atoms with van der Waals surface area (Å²) in [5.74, 6) is -2.49. The number of benzene rings is 3. The molecule has 0 spiro atoms. The van der Waals surface area contributed by atoms with Crippen LogP contribution in [-0.4, -0.2) is 51.4 Å². The van der Waals surface area contributed by atoms with Crippen LogP contribution in [0, 0.1) is 5.92 Å². The number of carbonyl (C=O) groups is 3. The second-order valence-electron chi connectivity index (χ2n) is 11.1. The van der Waals surface area contributed by atoms with Crippen molar-refractivity contribution in [1.29, 1.82) is 0 Å². The smallest absolute Gasteiger partial charge is 0.417 e. The van der Waals surface area contributed by atoms with E-state index in [1.54, 1.807) is 27.7 Å². The van der Waals surface area contributed by atoms with Crippen molar-refractivity contribution in [1.82, 2.24) is 4.90 Å². The normalized spacial score (nSPS) is 14.0. The van der Waals surface area contributed by atoms with Gasteiger partial charge < -0.3 is 15.6 Å². The number of hydrogen-bond acceptors (Lipinski definition) is 6. The number of imide groups is 1.